The van der Waals surface area contributed by atoms with E-state index < -0.39 is 0 Å². The molecule has 2 saturated heterocycles. The molecule has 4 heterocycles. The first kappa shape index (κ1) is 20.4. The number of rotatable bonds is 4. The van der Waals surface area contributed by atoms with Crippen LogP contribution >= 0.6 is 0 Å². The molecule has 2 aromatic heterocycles. The molecule has 1 aromatic carbocycles. The lowest BCUT2D eigenvalue weighted by Gasteiger charge is -2.33. The molecule has 1 atom stereocenters. The third-order valence-electron chi connectivity index (χ3n) is 6.31. The summed E-state index contributed by atoms with van der Waals surface area (Å²) in [4.78, 5) is 11.5. The Kier molecular flexibility index (Phi) is 5.60. The molecule has 2 aliphatic heterocycles. The Morgan fingerprint density at radius 2 is 1.87 bits per heavy atom. The summed E-state index contributed by atoms with van der Waals surface area (Å²) in [6, 6.07) is 6.49. The van der Waals surface area contributed by atoms with Crippen molar-refractivity contribution in [3.63, 3.8) is 0 Å². The van der Waals surface area contributed by atoms with E-state index in [4.69, 9.17) is 9.47 Å². The topological polar surface area (TPSA) is 85.5 Å². The van der Waals surface area contributed by atoms with Gasteiger partial charge < -0.3 is 19.5 Å². The number of ether oxygens (including phenoxy) is 2. The molecule has 2 aliphatic rings. The average molecular weight is 424 g/mol. The van der Waals surface area contributed by atoms with Gasteiger partial charge in [-0.3, -0.25) is 0 Å². The highest BCUT2D eigenvalue weighted by atomic mass is 16.5. The molecule has 0 spiro atoms. The molecule has 2 fully saturated rings. The Labute approximate surface area is 181 Å². The van der Waals surface area contributed by atoms with Crippen molar-refractivity contribution >= 4 is 16.7 Å². The Morgan fingerprint density at radius 1 is 1.06 bits per heavy atom. The molecular formula is C23H29N5O3. The van der Waals surface area contributed by atoms with Crippen LogP contribution in [0, 0.1) is 13.8 Å². The highest BCUT2D eigenvalue weighted by molar-refractivity contribution is 5.82. The van der Waals surface area contributed by atoms with Crippen molar-refractivity contribution in [2.75, 3.05) is 44.4 Å². The van der Waals surface area contributed by atoms with Crippen molar-refractivity contribution in [2.24, 2.45) is 0 Å². The summed E-state index contributed by atoms with van der Waals surface area (Å²) in [5.74, 6) is 2.81. The minimum absolute atomic E-state index is 0.00551. The summed E-state index contributed by atoms with van der Waals surface area (Å²) in [6.07, 6.45) is 3.83. The van der Waals surface area contributed by atoms with E-state index in [1.165, 1.54) is 11.1 Å². The van der Waals surface area contributed by atoms with Gasteiger partial charge in [0.25, 0.3) is 0 Å². The van der Waals surface area contributed by atoms with Crippen LogP contribution in [0.3, 0.4) is 0 Å². The van der Waals surface area contributed by atoms with Crippen LogP contribution in [0.25, 0.3) is 16.7 Å². The molecular weight excluding hydrogens is 394 g/mol. The second kappa shape index (κ2) is 8.53. The van der Waals surface area contributed by atoms with Crippen LogP contribution in [-0.2, 0) is 9.47 Å². The Bertz CT molecular complexity index is 1080. The number of aromatic nitrogens is 4. The zero-order chi connectivity index (χ0) is 21.4. The fourth-order valence-electron chi connectivity index (χ4n) is 4.68. The summed E-state index contributed by atoms with van der Waals surface area (Å²) < 4.78 is 13.1. The first-order chi connectivity index (χ1) is 15.1. The van der Waals surface area contributed by atoms with E-state index >= 15 is 0 Å². The van der Waals surface area contributed by atoms with Gasteiger partial charge in [-0.2, -0.15) is 5.10 Å². The third-order valence-corrected chi connectivity index (χ3v) is 6.31. The molecule has 5 rings (SSSR count). The van der Waals surface area contributed by atoms with Gasteiger partial charge in [-0.05, 0) is 55.9 Å². The van der Waals surface area contributed by atoms with Crippen molar-refractivity contribution < 1.29 is 14.6 Å². The number of morpholine rings is 1. The first-order valence-electron chi connectivity index (χ1n) is 11.0. The van der Waals surface area contributed by atoms with Crippen molar-refractivity contribution in [1.29, 1.82) is 0 Å². The number of fused-ring (bicyclic) bond motifs is 1. The number of hydrogen-bond donors (Lipinski definition) is 1. The van der Waals surface area contributed by atoms with Crippen LogP contribution in [0.1, 0.15) is 35.7 Å². The van der Waals surface area contributed by atoms with Gasteiger partial charge in [0.05, 0.1) is 31.0 Å². The Morgan fingerprint density at radius 3 is 2.68 bits per heavy atom. The molecule has 164 valence electrons. The maximum atomic E-state index is 9.48. The van der Waals surface area contributed by atoms with E-state index in [0.717, 1.165) is 55.1 Å². The molecule has 1 N–H and O–H groups in total. The number of aliphatic hydroxyl groups is 1. The minimum atomic E-state index is -0.192. The monoisotopic (exact) mass is 423 g/mol. The molecule has 3 aromatic rings. The van der Waals surface area contributed by atoms with E-state index in [-0.39, 0.29) is 12.7 Å². The minimum Gasteiger partial charge on any atom is -0.394 e. The molecule has 0 aliphatic carbocycles. The second-order valence-corrected chi connectivity index (χ2v) is 8.46. The smallest absolute Gasteiger partial charge is 0.159 e. The standard InChI is InChI=1S/C23H29N5O3/c1-15-9-18-12-24-28(21(18)10-20(15)17-3-6-30-7-4-17)23-11-22(25-16(2)26-23)27-5-8-31-19(13-27)14-29/h9-12,17,19,29H,3-8,13-14H2,1-2H3/t19-/m0/s1. The number of hydrogen-bond acceptors (Lipinski definition) is 7. The van der Waals surface area contributed by atoms with Gasteiger partial charge in [-0.25, -0.2) is 14.6 Å². The largest absolute Gasteiger partial charge is 0.394 e. The summed E-state index contributed by atoms with van der Waals surface area (Å²) in [7, 11) is 0. The zero-order valence-corrected chi connectivity index (χ0v) is 18.1. The lowest BCUT2D eigenvalue weighted by molar-refractivity contribution is 0.00335. The summed E-state index contributed by atoms with van der Waals surface area (Å²) >= 11 is 0. The van der Waals surface area contributed by atoms with Gasteiger partial charge in [0, 0.05) is 37.8 Å². The van der Waals surface area contributed by atoms with Crippen molar-refractivity contribution in [2.45, 2.75) is 38.7 Å². The second-order valence-electron chi connectivity index (χ2n) is 8.46. The van der Waals surface area contributed by atoms with E-state index in [2.05, 4.69) is 39.0 Å². The Hall–Kier alpha value is -2.55. The molecule has 0 amide bonds. The van der Waals surface area contributed by atoms with Crippen molar-refractivity contribution in [3.05, 3.63) is 41.3 Å². The summed E-state index contributed by atoms with van der Waals surface area (Å²) in [5.41, 5.74) is 3.75. The van der Waals surface area contributed by atoms with Crippen LogP contribution in [0.4, 0.5) is 5.82 Å². The fraction of sp³-hybridized carbons (Fsp3) is 0.522. The van der Waals surface area contributed by atoms with Crippen LogP contribution < -0.4 is 4.90 Å². The van der Waals surface area contributed by atoms with Crippen molar-refractivity contribution in [1.82, 2.24) is 19.7 Å². The number of benzene rings is 1. The van der Waals surface area contributed by atoms with E-state index in [1.807, 2.05) is 23.9 Å². The molecule has 8 heteroatoms. The molecule has 0 unspecified atom stereocenters. The highest BCUT2D eigenvalue weighted by Gasteiger charge is 2.23. The zero-order valence-electron chi connectivity index (χ0n) is 18.1. The lowest BCUT2D eigenvalue weighted by Crippen LogP contribution is -2.44. The third kappa shape index (κ3) is 4.03. The Balaban J connectivity index is 1.54. The van der Waals surface area contributed by atoms with Crippen LogP contribution in [0.5, 0.6) is 0 Å². The first-order valence-corrected chi connectivity index (χ1v) is 11.0. The van der Waals surface area contributed by atoms with Gasteiger partial charge in [0.15, 0.2) is 5.82 Å². The average Bonchev–Trinajstić information content (AvgIpc) is 3.21. The van der Waals surface area contributed by atoms with Gasteiger partial charge >= 0.3 is 0 Å². The lowest BCUT2D eigenvalue weighted by atomic mass is 9.88. The van der Waals surface area contributed by atoms with E-state index in [9.17, 15) is 5.11 Å². The van der Waals surface area contributed by atoms with Gasteiger partial charge in [-0.1, -0.05) is 0 Å². The number of anilines is 1. The molecule has 31 heavy (non-hydrogen) atoms. The van der Waals surface area contributed by atoms with Gasteiger partial charge in [0.1, 0.15) is 11.6 Å². The number of aliphatic hydroxyl groups excluding tert-OH is 1. The van der Waals surface area contributed by atoms with Crippen LogP contribution in [0.2, 0.25) is 0 Å². The summed E-state index contributed by atoms with van der Waals surface area (Å²) in [6.45, 7) is 7.66. The van der Waals surface area contributed by atoms with Crippen molar-refractivity contribution in [3.8, 4) is 5.82 Å². The summed E-state index contributed by atoms with van der Waals surface area (Å²) in [5, 5.41) is 15.3. The predicted molar refractivity (Wildman–Crippen MR) is 118 cm³/mol. The molecule has 0 radical (unpaired) electrons. The van der Waals surface area contributed by atoms with Gasteiger partial charge in [0.2, 0.25) is 0 Å². The molecule has 0 bridgehead atoms. The van der Waals surface area contributed by atoms with E-state index in [0.29, 0.717) is 24.9 Å². The van der Waals surface area contributed by atoms with Crippen LogP contribution in [-0.4, -0.2) is 70.5 Å². The van der Waals surface area contributed by atoms with Crippen LogP contribution in [0.15, 0.2) is 24.4 Å². The maximum absolute atomic E-state index is 9.48. The molecule has 8 nitrogen and oxygen atoms in total. The van der Waals surface area contributed by atoms with E-state index in [1.54, 1.807) is 0 Å². The maximum Gasteiger partial charge on any atom is 0.159 e. The predicted octanol–water partition coefficient (Wildman–Crippen LogP) is 2.52. The fourth-order valence-corrected chi connectivity index (χ4v) is 4.68. The molecule has 0 saturated carbocycles. The highest BCUT2D eigenvalue weighted by Crippen LogP contribution is 2.33. The SMILES string of the molecule is Cc1nc(N2CCO[C@H](CO)C2)cc(-n2ncc3cc(C)c(C4CCOCC4)cc32)n1. The quantitative estimate of drug-likeness (QED) is 0.690. The number of nitrogens with zero attached hydrogens (tertiary/aromatic N) is 5. The normalized spacial score (nSPS) is 20.5. The number of aryl methyl sites for hydroxylation is 2. The van der Waals surface area contributed by atoms with Gasteiger partial charge in [-0.15, -0.1) is 0 Å².